The predicted octanol–water partition coefficient (Wildman–Crippen LogP) is 3.08. The number of aryl methyl sites for hydroxylation is 1. The van der Waals surface area contributed by atoms with Crippen molar-refractivity contribution in [2.24, 2.45) is 0 Å². The van der Waals surface area contributed by atoms with Crippen LogP contribution in [-0.4, -0.2) is 15.3 Å². The first-order valence-electron chi connectivity index (χ1n) is 7.06. The molecule has 3 rings (SSSR count). The average Bonchev–Trinajstić information content (AvgIpc) is 2.89. The van der Waals surface area contributed by atoms with E-state index in [4.69, 9.17) is 0 Å². The van der Waals surface area contributed by atoms with Crippen LogP contribution in [0.25, 0.3) is 5.65 Å². The number of amides is 1. The van der Waals surface area contributed by atoms with E-state index >= 15 is 0 Å². The van der Waals surface area contributed by atoms with Crippen molar-refractivity contribution in [2.45, 2.75) is 19.8 Å². The number of imidazole rings is 1. The van der Waals surface area contributed by atoms with Gasteiger partial charge in [-0.1, -0.05) is 31.2 Å². The Morgan fingerprint density at radius 1 is 1.19 bits per heavy atom. The van der Waals surface area contributed by atoms with E-state index in [1.807, 2.05) is 59.3 Å². The zero-order chi connectivity index (χ0) is 14.7. The molecule has 0 unspecified atom stereocenters. The van der Waals surface area contributed by atoms with Gasteiger partial charge in [-0.05, 0) is 30.2 Å². The maximum Gasteiger partial charge on any atom is 0.230 e. The number of carbonyl (C=O) groups is 1. The molecule has 2 heterocycles. The number of fused-ring (bicyclic) bond motifs is 1. The molecule has 0 fully saturated rings. The molecule has 3 aromatic rings. The summed E-state index contributed by atoms with van der Waals surface area (Å²) in [5.74, 6) is -0.0423. The van der Waals surface area contributed by atoms with Gasteiger partial charge in [-0.2, -0.15) is 0 Å². The predicted molar refractivity (Wildman–Crippen MR) is 83.3 cm³/mol. The standard InChI is InChI=1S/C17H17N3O/c1-2-13-7-3-4-8-15(13)19-17(21)11-14-12-20-10-6-5-9-16(20)18-14/h3-10,12H,2,11H2,1H3,(H,19,21). The molecule has 1 amide bonds. The molecule has 0 radical (unpaired) electrons. The van der Waals surface area contributed by atoms with Gasteiger partial charge < -0.3 is 9.72 Å². The van der Waals surface area contributed by atoms with Gasteiger partial charge in [0.2, 0.25) is 5.91 Å². The third-order valence-electron chi connectivity index (χ3n) is 3.43. The van der Waals surface area contributed by atoms with Crippen LogP contribution in [0.4, 0.5) is 5.69 Å². The summed E-state index contributed by atoms with van der Waals surface area (Å²) in [6.45, 7) is 2.08. The first-order valence-corrected chi connectivity index (χ1v) is 7.06. The van der Waals surface area contributed by atoms with E-state index in [-0.39, 0.29) is 12.3 Å². The number of hydrogen-bond donors (Lipinski definition) is 1. The lowest BCUT2D eigenvalue weighted by molar-refractivity contribution is -0.115. The lowest BCUT2D eigenvalue weighted by atomic mass is 10.1. The van der Waals surface area contributed by atoms with Gasteiger partial charge in [-0.25, -0.2) is 4.98 Å². The molecular formula is C17H17N3O. The minimum Gasteiger partial charge on any atom is -0.325 e. The lowest BCUT2D eigenvalue weighted by Crippen LogP contribution is -2.15. The Morgan fingerprint density at radius 2 is 2.00 bits per heavy atom. The molecule has 1 N–H and O–H groups in total. The molecule has 1 aromatic carbocycles. The third kappa shape index (κ3) is 2.94. The molecule has 0 bridgehead atoms. The maximum atomic E-state index is 12.2. The molecule has 21 heavy (non-hydrogen) atoms. The molecule has 4 heteroatoms. The number of nitrogens with one attached hydrogen (secondary N) is 1. The number of pyridine rings is 1. The number of aromatic nitrogens is 2. The van der Waals surface area contributed by atoms with Crippen LogP contribution in [0.3, 0.4) is 0 Å². The highest BCUT2D eigenvalue weighted by Gasteiger charge is 2.09. The first kappa shape index (κ1) is 13.4. The van der Waals surface area contributed by atoms with Gasteiger partial charge >= 0.3 is 0 Å². The maximum absolute atomic E-state index is 12.2. The second kappa shape index (κ2) is 5.79. The Labute approximate surface area is 123 Å². The molecule has 0 aliphatic rings. The quantitative estimate of drug-likeness (QED) is 0.797. The van der Waals surface area contributed by atoms with Crippen LogP contribution in [0, 0.1) is 0 Å². The van der Waals surface area contributed by atoms with E-state index in [0.29, 0.717) is 0 Å². The first-order chi connectivity index (χ1) is 10.3. The highest BCUT2D eigenvalue weighted by atomic mass is 16.1. The number of anilines is 1. The Hall–Kier alpha value is -2.62. The molecule has 0 aliphatic carbocycles. The number of benzene rings is 1. The second-order valence-electron chi connectivity index (χ2n) is 4.93. The van der Waals surface area contributed by atoms with E-state index in [1.54, 1.807) is 0 Å². The van der Waals surface area contributed by atoms with Gasteiger partial charge in [0.05, 0.1) is 12.1 Å². The van der Waals surface area contributed by atoms with E-state index < -0.39 is 0 Å². The summed E-state index contributed by atoms with van der Waals surface area (Å²) >= 11 is 0. The van der Waals surface area contributed by atoms with Crippen LogP contribution in [0.1, 0.15) is 18.2 Å². The van der Waals surface area contributed by atoms with Crippen molar-refractivity contribution < 1.29 is 4.79 Å². The number of carbonyl (C=O) groups excluding carboxylic acids is 1. The summed E-state index contributed by atoms with van der Waals surface area (Å²) in [6.07, 6.45) is 4.99. The van der Waals surface area contributed by atoms with Crippen molar-refractivity contribution in [3.05, 3.63) is 66.1 Å². The fraction of sp³-hybridized carbons (Fsp3) is 0.176. The van der Waals surface area contributed by atoms with Crippen molar-refractivity contribution in [1.82, 2.24) is 9.38 Å². The number of nitrogens with zero attached hydrogens (tertiary/aromatic N) is 2. The van der Waals surface area contributed by atoms with Crippen LogP contribution in [0.2, 0.25) is 0 Å². The van der Waals surface area contributed by atoms with E-state index in [2.05, 4.69) is 17.2 Å². The summed E-state index contributed by atoms with van der Waals surface area (Å²) in [4.78, 5) is 16.6. The summed E-state index contributed by atoms with van der Waals surface area (Å²) in [5, 5.41) is 2.97. The minimum atomic E-state index is -0.0423. The van der Waals surface area contributed by atoms with Crippen LogP contribution in [-0.2, 0) is 17.6 Å². The fourth-order valence-corrected chi connectivity index (χ4v) is 2.38. The fourth-order valence-electron chi connectivity index (χ4n) is 2.38. The van der Waals surface area contributed by atoms with E-state index in [0.717, 1.165) is 29.0 Å². The number of hydrogen-bond acceptors (Lipinski definition) is 2. The summed E-state index contributed by atoms with van der Waals surface area (Å²) < 4.78 is 1.92. The highest BCUT2D eigenvalue weighted by molar-refractivity contribution is 5.92. The summed E-state index contributed by atoms with van der Waals surface area (Å²) in [6, 6.07) is 13.7. The molecule has 2 aromatic heterocycles. The summed E-state index contributed by atoms with van der Waals surface area (Å²) in [5.41, 5.74) is 3.65. The van der Waals surface area contributed by atoms with Gasteiger partial charge in [-0.15, -0.1) is 0 Å². The Balaban J connectivity index is 1.74. The van der Waals surface area contributed by atoms with Crippen molar-refractivity contribution >= 4 is 17.2 Å². The Morgan fingerprint density at radius 3 is 2.81 bits per heavy atom. The third-order valence-corrected chi connectivity index (χ3v) is 3.43. The van der Waals surface area contributed by atoms with Crippen molar-refractivity contribution in [2.75, 3.05) is 5.32 Å². The van der Waals surface area contributed by atoms with Gasteiger partial charge in [0, 0.05) is 18.1 Å². The molecule has 4 nitrogen and oxygen atoms in total. The number of para-hydroxylation sites is 1. The summed E-state index contributed by atoms with van der Waals surface area (Å²) in [7, 11) is 0. The molecular weight excluding hydrogens is 262 g/mol. The average molecular weight is 279 g/mol. The van der Waals surface area contributed by atoms with Gasteiger partial charge in [0.1, 0.15) is 5.65 Å². The lowest BCUT2D eigenvalue weighted by Gasteiger charge is -2.08. The molecule has 0 saturated heterocycles. The monoisotopic (exact) mass is 279 g/mol. The minimum absolute atomic E-state index is 0.0423. The van der Waals surface area contributed by atoms with Crippen molar-refractivity contribution in [3.8, 4) is 0 Å². The smallest absolute Gasteiger partial charge is 0.230 e. The van der Waals surface area contributed by atoms with Crippen LogP contribution in [0.15, 0.2) is 54.9 Å². The second-order valence-corrected chi connectivity index (χ2v) is 4.93. The van der Waals surface area contributed by atoms with Crippen LogP contribution in [0.5, 0.6) is 0 Å². The van der Waals surface area contributed by atoms with Gasteiger partial charge in [0.25, 0.3) is 0 Å². The zero-order valence-corrected chi connectivity index (χ0v) is 11.9. The van der Waals surface area contributed by atoms with Crippen LogP contribution >= 0.6 is 0 Å². The highest BCUT2D eigenvalue weighted by Crippen LogP contribution is 2.16. The normalized spacial score (nSPS) is 10.7. The molecule has 0 saturated carbocycles. The van der Waals surface area contributed by atoms with Gasteiger partial charge in [-0.3, -0.25) is 4.79 Å². The van der Waals surface area contributed by atoms with Crippen molar-refractivity contribution in [1.29, 1.82) is 0 Å². The van der Waals surface area contributed by atoms with Crippen LogP contribution < -0.4 is 5.32 Å². The van der Waals surface area contributed by atoms with E-state index in [1.165, 1.54) is 0 Å². The molecule has 0 atom stereocenters. The Kier molecular flexibility index (Phi) is 3.69. The zero-order valence-electron chi connectivity index (χ0n) is 11.9. The van der Waals surface area contributed by atoms with E-state index in [9.17, 15) is 4.79 Å². The molecule has 0 spiro atoms. The topological polar surface area (TPSA) is 46.4 Å². The SMILES string of the molecule is CCc1ccccc1NC(=O)Cc1cn2ccccc2n1. The Bertz CT molecular complexity index is 743. The van der Waals surface area contributed by atoms with Crippen molar-refractivity contribution in [3.63, 3.8) is 0 Å². The van der Waals surface area contributed by atoms with Gasteiger partial charge in [0.15, 0.2) is 0 Å². The molecule has 106 valence electrons. The number of rotatable bonds is 4. The molecule has 0 aliphatic heterocycles. The largest absolute Gasteiger partial charge is 0.325 e.